The molecule has 0 spiro atoms. The summed E-state index contributed by atoms with van der Waals surface area (Å²) < 4.78 is 10.1. The Morgan fingerprint density at radius 3 is 2.00 bits per heavy atom. The van der Waals surface area contributed by atoms with Crippen molar-refractivity contribution in [2.45, 2.75) is 19.8 Å². The van der Waals surface area contributed by atoms with Gasteiger partial charge in [-0.05, 0) is 37.6 Å². The van der Waals surface area contributed by atoms with Gasteiger partial charge in [0.05, 0.1) is 13.2 Å². The molecule has 0 bridgehead atoms. The van der Waals surface area contributed by atoms with Crippen LogP contribution in [0.15, 0.2) is 54.6 Å². The zero-order valence-corrected chi connectivity index (χ0v) is 14.3. The van der Waals surface area contributed by atoms with E-state index in [1.165, 1.54) is 0 Å². The van der Waals surface area contributed by atoms with Gasteiger partial charge in [-0.2, -0.15) is 0 Å². The summed E-state index contributed by atoms with van der Waals surface area (Å²) in [6, 6.07) is 16.5. The fraction of sp³-hybridized carbons (Fsp3) is 0.238. The lowest BCUT2D eigenvalue weighted by atomic mass is 9.94. The van der Waals surface area contributed by atoms with Crippen molar-refractivity contribution in [3.8, 4) is 11.8 Å². The molecular weight excluding hydrogens is 316 g/mol. The second kappa shape index (κ2) is 9.29. The van der Waals surface area contributed by atoms with Gasteiger partial charge in [0.1, 0.15) is 0 Å². The highest BCUT2D eigenvalue weighted by Gasteiger charge is 2.32. The maximum Gasteiger partial charge on any atom is 0.324 e. The number of carbonyl (C=O) groups is 2. The van der Waals surface area contributed by atoms with Crippen LogP contribution in [0.2, 0.25) is 0 Å². The number of carbonyl (C=O) groups excluding carboxylic acids is 2. The molecule has 0 aromatic heterocycles. The normalized spacial score (nSPS) is 9.88. The van der Waals surface area contributed by atoms with Crippen LogP contribution in [0.4, 0.5) is 0 Å². The molecule has 0 atom stereocenters. The summed E-state index contributed by atoms with van der Waals surface area (Å²) in [5.41, 5.74) is 1.93. The minimum absolute atomic E-state index is 0.187. The van der Waals surface area contributed by atoms with Gasteiger partial charge in [0.25, 0.3) is 0 Å². The highest BCUT2D eigenvalue weighted by molar-refractivity contribution is 6.01. The van der Waals surface area contributed by atoms with Crippen LogP contribution >= 0.6 is 0 Å². The largest absolute Gasteiger partial charge is 0.465 e. The molecule has 4 heteroatoms. The highest BCUT2D eigenvalue weighted by atomic mass is 16.6. The van der Waals surface area contributed by atoms with Gasteiger partial charge in [0, 0.05) is 11.1 Å². The Hall–Kier alpha value is -3.06. The van der Waals surface area contributed by atoms with Crippen molar-refractivity contribution in [1.82, 2.24) is 0 Å². The molecule has 2 aromatic carbocycles. The van der Waals surface area contributed by atoms with Crippen LogP contribution in [0.1, 0.15) is 36.5 Å². The summed E-state index contributed by atoms with van der Waals surface area (Å²) in [6.07, 6.45) is 0. The number of hydrogen-bond acceptors (Lipinski definition) is 4. The fourth-order valence-corrected chi connectivity index (χ4v) is 2.32. The molecule has 128 valence electrons. The van der Waals surface area contributed by atoms with E-state index in [0.29, 0.717) is 11.1 Å². The van der Waals surface area contributed by atoms with Crippen molar-refractivity contribution < 1.29 is 19.1 Å². The average molecular weight is 336 g/mol. The Balaban J connectivity index is 2.43. The lowest BCUT2D eigenvalue weighted by Gasteiger charge is -2.16. The second-order valence-electron chi connectivity index (χ2n) is 5.14. The predicted molar refractivity (Wildman–Crippen MR) is 94.9 cm³/mol. The first kappa shape index (κ1) is 18.3. The van der Waals surface area contributed by atoms with Crippen LogP contribution in [0.25, 0.3) is 0 Å². The van der Waals surface area contributed by atoms with Gasteiger partial charge >= 0.3 is 11.9 Å². The molecule has 2 aromatic rings. The first-order valence-corrected chi connectivity index (χ1v) is 8.16. The van der Waals surface area contributed by atoms with E-state index in [4.69, 9.17) is 9.47 Å². The molecule has 0 heterocycles. The first-order valence-electron chi connectivity index (χ1n) is 8.16. The average Bonchev–Trinajstić information content (AvgIpc) is 2.62. The standard InChI is InChI=1S/C21H20O4/c1-3-24-20(22)19(21(23)25-4-2)18-13-9-8-12-17(18)15-14-16-10-6-5-7-11-16/h5-13,19H,3-4H2,1-2H3. The van der Waals surface area contributed by atoms with E-state index in [-0.39, 0.29) is 13.2 Å². The van der Waals surface area contributed by atoms with Crippen LogP contribution in [0.3, 0.4) is 0 Å². The predicted octanol–water partition coefficient (Wildman–Crippen LogP) is 3.30. The first-order chi connectivity index (χ1) is 12.2. The fourth-order valence-electron chi connectivity index (χ4n) is 2.32. The van der Waals surface area contributed by atoms with Crippen LogP contribution in [0, 0.1) is 11.8 Å². The molecule has 0 saturated heterocycles. The third-order valence-electron chi connectivity index (χ3n) is 3.43. The molecule has 0 unspecified atom stereocenters. The van der Waals surface area contributed by atoms with Crippen molar-refractivity contribution >= 4 is 11.9 Å². The molecule has 0 aliphatic carbocycles. The topological polar surface area (TPSA) is 52.6 Å². The Morgan fingerprint density at radius 2 is 1.40 bits per heavy atom. The maximum atomic E-state index is 12.3. The van der Waals surface area contributed by atoms with E-state index < -0.39 is 17.9 Å². The van der Waals surface area contributed by atoms with Crippen molar-refractivity contribution in [3.05, 3.63) is 71.3 Å². The molecule has 0 fully saturated rings. The van der Waals surface area contributed by atoms with Crippen LogP contribution < -0.4 is 0 Å². The Labute approximate surface area is 147 Å². The molecule has 0 radical (unpaired) electrons. The lowest BCUT2D eigenvalue weighted by molar-refractivity contribution is -0.156. The smallest absolute Gasteiger partial charge is 0.324 e. The number of benzene rings is 2. The van der Waals surface area contributed by atoms with Crippen LogP contribution in [0.5, 0.6) is 0 Å². The van der Waals surface area contributed by atoms with Crippen LogP contribution in [-0.2, 0) is 19.1 Å². The van der Waals surface area contributed by atoms with Crippen molar-refractivity contribution in [3.63, 3.8) is 0 Å². The number of hydrogen-bond donors (Lipinski definition) is 0. The molecule has 0 N–H and O–H groups in total. The third-order valence-corrected chi connectivity index (χ3v) is 3.43. The van der Waals surface area contributed by atoms with Gasteiger partial charge in [-0.25, -0.2) is 0 Å². The molecule has 0 aliphatic heterocycles. The van der Waals surface area contributed by atoms with E-state index >= 15 is 0 Å². The molecule has 25 heavy (non-hydrogen) atoms. The van der Waals surface area contributed by atoms with Crippen molar-refractivity contribution in [1.29, 1.82) is 0 Å². The second-order valence-corrected chi connectivity index (χ2v) is 5.14. The third kappa shape index (κ3) is 4.95. The van der Waals surface area contributed by atoms with Gasteiger partial charge < -0.3 is 9.47 Å². The summed E-state index contributed by atoms with van der Waals surface area (Å²) in [5, 5.41) is 0. The lowest BCUT2D eigenvalue weighted by Crippen LogP contribution is -2.26. The monoisotopic (exact) mass is 336 g/mol. The van der Waals surface area contributed by atoms with Gasteiger partial charge in [-0.3, -0.25) is 9.59 Å². The van der Waals surface area contributed by atoms with Gasteiger partial charge in [0.2, 0.25) is 0 Å². The molecule has 4 nitrogen and oxygen atoms in total. The highest BCUT2D eigenvalue weighted by Crippen LogP contribution is 2.23. The minimum Gasteiger partial charge on any atom is -0.465 e. The van der Waals surface area contributed by atoms with Crippen molar-refractivity contribution in [2.75, 3.05) is 13.2 Å². The summed E-state index contributed by atoms with van der Waals surface area (Å²) in [7, 11) is 0. The van der Waals surface area contributed by atoms with Crippen LogP contribution in [-0.4, -0.2) is 25.2 Å². The maximum absolute atomic E-state index is 12.3. The van der Waals surface area contributed by atoms with E-state index in [1.54, 1.807) is 32.0 Å². The zero-order chi connectivity index (χ0) is 18.1. The van der Waals surface area contributed by atoms with E-state index in [0.717, 1.165) is 5.56 Å². The molecule has 0 amide bonds. The number of rotatable bonds is 5. The van der Waals surface area contributed by atoms with E-state index in [9.17, 15) is 9.59 Å². The van der Waals surface area contributed by atoms with E-state index in [2.05, 4.69) is 11.8 Å². The molecule has 0 aliphatic rings. The Bertz CT molecular complexity index is 766. The van der Waals surface area contributed by atoms with E-state index in [1.807, 2.05) is 36.4 Å². The van der Waals surface area contributed by atoms with Gasteiger partial charge in [-0.15, -0.1) is 0 Å². The minimum atomic E-state index is -1.14. The quantitative estimate of drug-likeness (QED) is 0.478. The molecular formula is C21H20O4. The number of esters is 2. The summed E-state index contributed by atoms with van der Waals surface area (Å²) in [5.74, 6) is 3.69. The SMILES string of the molecule is CCOC(=O)C(C(=O)OCC)c1ccccc1C#Cc1ccccc1. The van der Waals surface area contributed by atoms with Gasteiger partial charge in [0.15, 0.2) is 5.92 Å². The molecule has 0 saturated carbocycles. The molecule has 2 rings (SSSR count). The number of ether oxygens (including phenoxy) is 2. The Kier molecular flexibility index (Phi) is 6.79. The van der Waals surface area contributed by atoms with Gasteiger partial charge in [-0.1, -0.05) is 48.2 Å². The van der Waals surface area contributed by atoms with Crippen molar-refractivity contribution in [2.24, 2.45) is 0 Å². The summed E-state index contributed by atoms with van der Waals surface area (Å²) in [4.78, 5) is 24.6. The summed E-state index contributed by atoms with van der Waals surface area (Å²) in [6.45, 7) is 3.77. The Morgan fingerprint density at radius 1 is 0.840 bits per heavy atom. The zero-order valence-electron chi connectivity index (χ0n) is 14.3. The summed E-state index contributed by atoms with van der Waals surface area (Å²) >= 11 is 0.